The average Bonchev–Trinajstić information content (AvgIpc) is 2.46. The van der Waals surface area contributed by atoms with Gasteiger partial charge in [-0.05, 0) is 20.3 Å². The summed E-state index contributed by atoms with van der Waals surface area (Å²) in [7, 11) is 1.33. The zero-order chi connectivity index (χ0) is 10.7. The Bertz CT molecular complexity index is 281. The molecule has 0 spiro atoms. The van der Waals surface area contributed by atoms with Gasteiger partial charge in [-0.15, -0.1) is 0 Å². The Morgan fingerprint density at radius 3 is 2.64 bits per heavy atom. The number of methoxy groups -OCH3 is 1. The summed E-state index contributed by atoms with van der Waals surface area (Å²) in [4.78, 5) is 24.1. The van der Waals surface area contributed by atoms with Gasteiger partial charge in [0, 0.05) is 24.2 Å². The van der Waals surface area contributed by atoms with Crippen LogP contribution < -0.4 is 0 Å². The van der Waals surface area contributed by atoms with E-state index in [1.54, 1.807) is 4.90 Å². The highest BCUT2D eigenvalue weighted by molar-refractivity contribution is 5.87. The van der Waals surface area contributed by atoms with Gasteiger partial charge in [0.2, 0.25) is 5.91 Å². The van der Waals surface area contributed by atoms with Crippen LogP contribution in [0.5, 0.6) is 0 Å². The van der Waals surface area contributed by atoms with Crippen molar-refractivity contribution >= 4 is 11.9 Å². The normalized spacial score (nSPS) is 19.6. The third kappa shape index (κ3) is 2.13. The Kier molecular flexibility index (Phi) is 3.28. The van der Waals surface area contributed by atoms with Crippen molar-refractivity contribution in [3.8, 4) is 0 Å². The summed E-state index contributed by atoms with van der Waals surface area (Å²) in [5, 5.41) is 0. The van der Waals surface area contributed by atoms with Gasteiger partial charge >= 0.3 is 5.97 Å². The second-order valence-corrected chi connectivity index (χ2v) is 3.52. The molecule has 1 heterocycles. The molecule has 4 nitrogen and oxygen atoms in total. The topological polar surface area (TPSA) is 46.6 Å². The van der Waals surface area contributed by atoms with Gasteiger partial charge in [-0.2, -0.15) is 0 Å². The molecule has 1 aliphatic rings. The van der Waals surface area contributed by atoms with Crippen LogP contribution in [-0.2, 0) is 14.3 Å². The number of nitrogens with zero attached hydrogens (tertiary/aromatic N) is 1. The lowest BCUT2D eigenvalue weighted by molar-refractivity contribution is -0.135. The molecule has 0 aromatic carbocycles. The molecule has 0 radical (unpaired) electrons. The van der Waals surface area contributed by atoms with E-state index in [9.17, 15) is 9.59 Å². The predicted molar refractivity (Wildman–Crippen MR) is 51.3 cm³/mol. The van der Waals surface area contributed by atoms with Crippen LogP contribution >= 0.6 is 0 Å². The minimum Gasteiger partial charge on any atom is -0.466 e. The second kappa shape index (κ2) is 4.26. The fraction of sp³-hybridized carbons (Fsp3) is 0.600. The number of hydrogen-bond acceptors (Lipinski definition) is 3. The lowest BCUT2D eigenvalue weighted by atomic mass is 10.3. The standard InChI is InChI=1S/C10H15NO3/c1-7(2)11-8(4-5-9(11)12)6-10(13)14-3/h6-7H,4-5H2,1-3H3/b8-6+. The van der Waals surface area contributed by atoms with Gasteiger partial charge in [0.25, 0.3) is 0 Å². The summed E-state index contributed by atoms with van der Waals surface area (Å²) in [6.45, 7) is 3.85. The smallest absolute Gasteiger partial charge is 0.332 e. The fourth-order valence-electron chi connectivity index (χ4n) is 1.59. The number of esters is 1. The van der Waals surface area contributed by atoms with Gasteiger partial charge in [0.15, 0.2) is 0 Å². The molecule has 0 saturated carbocycles. The van der Waals surface area contributed by atoms with Gasteiger partial charge in [0.1, 0.15) is 0 Å². The number of carbonyl (C=O) groups excluding carboxylic acids is 2. The van der Waals surface area contributed by atoms with Crippen molar-refractivity contribution in [3.05, 3.63) is 11.8 Å². The van der Waals surface area contributed by atoms with Crippen molar-refractivity contribution in [2.24, 2.45) is 0 Å². The first kappa shape index (κ1) is 10.8. The van der Waals surface area contributed by atoms with E-state index in [1.165, 1.54) is 13.2 Å². The number of ether oxygens (including phenoxy) is 1. The molecule has 0 bridgehead atoms. The van der Waals surface area contributed by atoms with Crippen LogP contribution in [0.2, 0.25) is 0 Å². The van der Waals surface area contributed by atoms with Gasteiger partial charge < -0.3 is 9.64 Å². The number of amides is 1. The molecule has 0 N–H and O–H groups in total. The van der Waals surface area contributed by atoms with Crippen LogP contribution in [0.25, 0.3) is 0 Å². The average molecular weight is 197 g/mol. The summed E-state index contributed by atoms with van der Waals surface area (Å²) in [5.41, 5.74) is 0.761. The van der Waals surface area contributed by atoms with Gasteiger partial charge in [0.05, 0.1) is 7.11 Å². The van der Waals surface area contributed by atoms with E-state index < -0.39 is 5.97 Å². The van der Waals surface area contributed by atoms with Crippen LogP contribution in [0, 0.1) is 0 Å². The van der Waals surface area contributed by atoms with Crippen LogP contribution in [0.1, 0.15) is 26.7 Å². The van der Waals surface area contributed by atoms with Crippen molar-refractivity contribution in [1.82, 2.24) is 4.90 Å². The molecule has 1 saturated heterocycles. The molecule has 0 aliphatic carbocycles. The van der Waals surface area contributed by atoms with Crippen molar-refractivity contribution in [1.29, 1.82) is 0 Å². The van der Waals surface area contributed by atoms with Crippen LogP contribution in [0.3, 0.4) is 0 Å². The van der Waals surface area contributed by atoms with Crippen molar-refractivity contribution < 1.29 is 14.3 Å². The Morgan fingerprint density at radius 1 is 1.50 bits per heavy atom. The highest BCUT2D eigenvalue weighted by atomic mass is 16.5. The Balaban J connectivity index is 2.84. The fourth-order valence-corrected chi connectivity index (χ4v) is 1.59. The SMILES string of the molecule is COC(=O)/C=C1\CCC(=O)N1C(C)C. The minimum absolute atomic E-state index is 0.0788. The molecule has 1 amide bonds. The first-order valence-electron chi connectivity index (χ1n) is 4.67. The Morgan fingerprint density at radius 2 is 2.14 bits per heavy atom. The second-order valence-electron chi connectivity index (χ2n) is 3.52. The monoisotopic (exact) mass is 197 g/mol. The summed E-state index contributed by atoms with van der Waals surface area (Å²) in [6.07, 6.45) is 2.51. The Labute approximate surface area is 83.5 Å². The lowest BCUT2D eigenvalue weighted by Gasteiger charge is -2.22. The minimum atomic E-state index is -0.402. The first-order chi connectivity index (χ1) is 6.56. The lowest BCUT2D eigenvalue weighted by Crippen LogP contribution is -2.30. The molecular weight excluding hydrogens is 182 g/mol. The largest absolute Gasteiger partial charge is 0.466 e. The summed E-state index contributed by atoms with van der Waals surface area (Å²) < 4.78 is 4.52. The van der Waals surface area contributed by atoms with E-state index >= 15 is 0 Å². The molecule has 14 heavy (non-hydrogen) atoms. The third-order valence-electron chi connectivity index (χ3n) is 2.18. The van der Waals surface area contributed by atoms with Crippen LogP contribution in [-0.4, -0.2) is 29.9 Å². The molecule has 1 fully saturated rings. The number of hydrogen-bond donors (Lipinski definition) is 0. The maximum atomic E-state index is 11.4. The highest BCUT2D eigenvalue weighted by Crippen LogP contribution is 2.24. The summed E-state index contributed by atoms with van der Waals surface area (Å²) in [6, 6.07) is 0.0981. The van der Waals surface area contributed by atoms with Crippen LogP contribution in [0.4, 0.5) is 0 Å². The molecule has 78 valence electrons. The molecule has 1 rings (SSSR count). The first-order valence-corrected chi connectivity index (χ1v) is 4.67. The Hall–Kier alpha value is -1.32. The van der Waals surface area contributed by atoms with Crippen molar-refractivity contribution in [2.75, 3.05) is 7.11 Å². The zero-order valence-electron chi connectivity index (χ0n) is 8.74. The van der Waals surface area contributed by atoms with E-state index in [1.807, 2.05) is 13.8 Å². The van der Waals surface area contributed by atoms with Crippen molar-refractivity contribution in [3.63, 3.8) is 0 Å². The molecule has 0 atom stereocenters. The molecule has 0 aromatic heterocycles. The zero-order valence-corrected chi connectivity index (χ0v) is 8.74. The number of allylic oxidation sites excluding steroid dienone is 1. The van der Waals surface area contributed by atoms with E-state index in [-0.39, 0.29) is 11.9 Å². The molecule has 4 heteroatoms. The third-order valence-corrected chi connectivity index (χ3v) is 2.18. The quantitative estimate of drug-likeness (QED) is 0.491. The van der Waals surface area contributed by atoms with E-state index in [0.717, 1.165) is 5.70 Å². The van der Waals surface area contributed by atoms with Crippen LogP contribution in [0.15, 0.2) is 11.8 Å². The molecule has 0 aromatic rings. The highest BCUT2D eigenvalue weighted by Gasteiger charge is 2.28. The number of rotatable bonds is 2. The summed E-state index contributed by atoms with van der Waals surface area (Å²) in [5.74, 6) is -0.324. The molecular formula is C10H15NO3. The van der Waals surface area contributed by atoms with E-state index in [4.69, 9.17) is 0 Å². The van der Waals surface area contributed by atoms with E-state index in [0.29, 0.717) is 12.8 Å². The maximum Gasteiger partial charge on any atom is 0.332 e. The number of carbonyl (C=O) groups is 2. The van der Waals surface area contributed by atoms with Gasteiger partial charge in [-0.25, -0.2) is 4.79 Å². The van der Waals surface area contributed by atoms with E-state index in [2.05, 4.69) is 4.74 Å². The maximum absolute atomic E-state index is 11.4. The number of likely N-dealkylation sites (tertiary alicyclic amines) is 1. The van der Waals surface area contributed by atoms with Crippen molar-refractivity contribution in [2.45, 2.75) is 32.7 Å². The molecule has 0 unspecified atom stereocenters. The van der Waals surface area contributed by atoms with Gasteiger partial charge in [-0.1, -0.05) is 0 Å². The predicted octanol–water partition coefficient (Wildman–Crippen LogP) is 1.07. The van der Waals surface area contributed by atoms with Gasteiger partial charge in [-0.3, -0.25) is 4.79 Å². The molecule has 1 aliphatic heterocycles. The summed E-state index contributed by atoms with van der Waals surface area (Å²) >= 11 is 0.